The molecule has 1 aliphatic rings. The van der Waals surface area contributed by atoms with Crippen LogP contribution in [0, 0.1) is 0 Å². The van der Waals surface area contributed by atoms with Crippen molar-refractivity contribution >= 4 is 11.8 Å². The van der Waals surface area contributed by atoms with Crippen LogP contribution in [0.15, 0.2) is 29.5 Å². The van der Waals surface area contributed by atoms with Crippen LogP contribution >= 0.6 is 0 Å². The Morgan fingerprint density at radius 2 is 2.07 bits per heavy atom. The van der Waals surface area contributed by atoms with Crippen molar-refractivity contribution in [1.29, 1.82) is 0 Å². The second-order valence-electron chi connectivity index (χ2n) is 8.11. The lowest BCUT2D eigenvalue weighted by molar-refractivity contribution is 0.473. The van der Waals surface area contributed by atoms with Gasteiger partial charge in [-0.15, -0.1) is 0 Å². The summed E-state index contributed by atoms with van der Waals surface area (Å²) in [6, 6.07) is 4.24. The highest BCUT2D eigenvalue weighted by Gasteiger charge is 2.16. The van der Waals surface area contributed by atoms with E-state index in [1.54, 1.807) is 0 Å². The van der Waals surface area contributed by atoms with Gasteiger partial charge in [-0.25, -0.2) is 9.98 Å². The molecule has 1 saturated heterocycles. The number of nitrogens with one attached hydrogen (secondary N) is 1. The fraction of sp³-hybridized carbons (Fsp3) is 0.591. The minimum Gasteiger partial charge on any atom is -0.357 e. The Labute approximate surface area is 174 Å². The molecule has 3 rings (SSSR count). The molecular formula is C22H35N7. The summed E-state index contributed by atoms with van der Waals surface area (Å²) in [5, 5.41) is 8.05. The van der Waals surface area contributed by atoms with Crippen molar-refractivity contribution in [3.8, 4) is 0 Å². The van der Waals surface area contributed by atoms with Crippen LogP contribution in [0.4, 0.5) is 5.82 Å². The molecule has 3 heterocycles. The molecule has 0 radical (unpaired) electrons. The van der Waals surface area contributed by atoms with Crippen LogP contribution in [0.5, 0.6) is 0 Å². The topological polar surface area (TPSA) is 61.6 Å². The highest BCUT2D eigenvalue weighted by atomic mass is 15.3. The second-order valence-corrected chi connectivity index (χ2v) is 8.11. The molecule has 7 heteroatoms. The average Bonchev–Trinajstić information content (AvgIpc) is 3.35. The monoisotopic (exact) mass is 397 g/mol. The highest BCUT2D eigenvalue weighted by Crippen LogP contribution is 2.20. The lowest BCUT2D eigenvalue weighted by atomic mass is 10.1. The largest absolute Gasteiger partial charge is 0.357 e. The Morgan fingerprint density at radius 1 is 1.31 bits per heavy atom. The summed E-state index contributed by atoms with van der Waals surface area (Å²) in [4.78, 5) is 14.0. The average molecular weight is 398 g/mol. The van der Waals surface area contributed by atoms with E-state index in [2.05, 4.69) is 71.3 Å². The zero-order valence-corrected chi connectivity index (χ0v) is 18.5. The SMILES string of the molecule is CCNC(=NCc1ccnc(N2CCCC2)c1)N(C)Cc1cn(C)nc1C(C)C. The Hall–Kier alpha value is -2.57. The van der Waals surface area contributed by atoms with E-state index >= 15 is 0 Å². The lowest BCUT2D eigenvalue weighted by Gasteiger charge is -2.22. The number of hydrogen-bond acceptors (Lipinski definition) is 4. The van der Waals surface area contributed by atoms with Gasteiger partial charge in [-0.1, -0.05) is 13.8 Å². The summed E-state index contributed by atoms with van der Waals surface area (Å²) in [6.45, 7) is 10.9. The zero-order valence-electron chi connectivity index (χ0n) is 18.5. The van der Waals surface area contributed by atoms with Crippen LogP contribution in [0.1, 0.15) is 56.4 Å². The molecule has 2 aromatic rings. The van der Waals surface area contributed by atoms with Crippen molar-refractivity contribution in [2.75, 3.05) is 31.6 Å². The molecule has 1 N–H and O–H groups in total. The summed E-state index contributed by atoms with van der Waals surface area (Å²) in [7, 11) is 4.07. The molecular weight excluding hydrogens is 362 g/mol. The molecule has 0 aliphatic carbocycles. The molecule has 1 aliphatic heterocycles. The summed E-state index contributed by atoms with van der Waals surface area (Å²) >= 11 is 0. The quantitative estimate of drug-likeness (QED) is 0.574. The highest BCUT2D eigenvalue weighted by molar-refractivity contribution is 5.79. The summed E-state index contributed by atoms with van der Waals surface area (Å²) in [5.74, 6) is 2.39. The van der Waals surface area contributed by atoms with E-state index in [4.69, 9.17) is 4.99 Å². The van der Waals surface area contributed by atoms with Crippen molar-refractivity contribution < 1.29 is 0 Å². The van der Waals surface area contributed by atoms with Gasteiger partial charge in [-0.2, -0.15) is 5.10 Å². The van der Waals surface area contributed by atoms with Crippen LogP contribution in [0.25, 0.3) is 0 Å². The minimum atomic E-state index is 0.403. The summed E-state index contributed by atoms with van der Waals surface area (Å²) in [5.41, 5.74) is 3.59. The van der Waals surface area contributed by atoms with Gasteiger partial charge in [0.2, 0.25) is 0 Å². The van der Waals surface area contributed by atoms with Gasteiger partial charge >= 0.3 is 0 Å². The van der Waals surface area contributed by atoms with E-state index in [9.17, 15) is 0 Å². The van der Waals surface area contributed by atoms with Crippen LogP contribution in [0.2, 0.25) is 0 Å². The van der Waals surface area contributed by atoms with Crippen LogP contribution in [-0.2, 0) is 20.1 Å². The molecule has 0 atom stereocenters. The van der Waals surface area contributed by atoms with Crippen molar-refractivity contribution in [1.82, 2.24) is 25.0 Å². The van der Waals surface area contributed by atoms with Crippen LogP contribution in [0.3, 0.4) is 0 Å². The fourth-order valence-corrected chi connectivity index (χ4v) is 3.81. The Morgan fingerprint density at radius 3 is 2.76 bits per heavy atom. The third-order valence-electron chi connectivity index (χ3n) is 5.24. The van der Waals surface area contributed by atoms with Crippen molar-refractivity contribution in [3.05, 3.63) is 41.3 Å². The van der Waals surface area contributed by atoms with Gasteiger partial charge < -0.3 is 15.1 Å². The molecule has 0 unspecified atom stereocenters. The van der Waals surface area contributed by atoms with Gasteiger partial charge in [0.05, 0.1) is 12.2 Å². The molecule has 2 aromatic heterocycles. The van der Waals surface area contributed by atoms with Gasteiger partial charge in [-0.05, 0) is 43.4 Å². The normalized spacial score (nSPS) is 14.7. The molecule has 0 bridgehead atoms. The van der Waals surface area contributed by atoms with E-state index in [0.29, 0.717) is 12.5 Å². The second kappa shape index (κ2) is 9.76. The standard InChI is InChI=1S/C22H35N7/c1-6-23-22(27(4)15-19-16-28(5)26-21(19)17(2)3)25-14-18-9-10-24-20(13-18)29-11-7-8-12-29/h9-10,13,16-17H,6-8,11-12,14-15H2,1-5H3,(H,23,25). The summed E-state index contributed by atoms with van der Waals surface area (Å²) < 4.78 is 1.90. The third kappa shape index (κ3) is 5.49. The molecule has 29 heavy (non-hydrogen) atoms. The number of guanidine groups is 1. The van der Waals surface area contributed by atoms with Crippen molar-refractivity contribution in [3.63, 3.8) is 0 Å². The molecule has 158 valence electrons. The zero-order chi connectivity index (χ0) is 20.8. The summed E-state index contributed by atoms with van der Waals surface area (Å²) in [6.07, 6.45) is 6.53. The van der Waals surface area contributed by atoms with Gasteiger partial charge in [0.25, 0.3) is 0 Å². The van der Waals surface area contributed by atoms with Gasteiger partial charge in [0, 0.05) is 58.2 Å². The lowest BCUT2D eigenvalue weighted by Crippen LogP contribution is -2.38. The first kappa shape index (κ1) is 21.1. The van der Waals surface area contributed by atoms with Gasteiger partial charge in [-0.3, -0.25) is 4.68 Å². The molecule has 0 aromatic carbocycles. The van der Waals surface area contributed by atoms with E-state index in [-0.39, 0.29) is 0 Å². The Bertz CT molecular complexity index is 818. The molecule has 0 saturated carbocycles. The predicted molar refractivity (Wildman–Crippen MR) is 119 cm³/mol. The minimum absolute atomic E-state index is 0.403. The van der Waals surface area contributed by atoms with E-state index in [1.165, 1.54) is 24.0 Å². The number of nitrogens with zero attached hydrogens (tertiary/aromatic N) is 6. The maximum Gasteiger partial charge on any atom is 0.194 e. The van der Waals surface area contributed by atoms with Crippen LogP contribution < -0.4 is 10.2 Å². The molecule has 0 amide bonds. The van der Waals surface area contributed by atoms with Crippen LogP contribution in [-0.4, -0.2) is 52.3 Å². The first-order valence-electron chi connectivity index (χ1n) is 10.7. The number of pyridine rings is 1. The number of rotatable bonds is 7. The number of aliphatic imine (C=N–C) groups is 1. The maximum absolute atomic E-state index is 4.89. The number of aryl methyl sites for hydroxylation is 1. The first-order valence-corrected chi connectivity index (χ1v) is 10.7. The van der Waals surface area contributed by atoms with Crippen molar-refractivity contribution in [2.24, 2.45) is 12.0 Å². The van der Waals surface area contributed by atoms with E-state index in [0.717, 1.165) is 43.7 Å². The first-order chi connectivity index (χ1) is 14.0. The third-order valence-corrected chi connectivity index (χ3v) is 5.24. The maximum atomic E-state index is 4.89. The Kier molecular flexibility index (Phi) is 7.12. The predicted octanol–water partition coefficient (Wildman–Crippen LogP) is 3.14. The smallest absolute Gasteiger partial charge is 0.194 e. The number of aromatic nitrogens is 3. The number of anilines is 1. The molecule has 1 fully saturated rings. The molecule has 7 nitrogen and oxygen atoms in total. The van der Waals surface area contributed by atoms with E-state index in [1.807, 2.05) is 17.9 Å². The van der Waals surface area contributed by atoms with Crippen molar-refractivity contribution in [2.45, 2.75) is 52.6 Å². The fourth-order valence-electron chi connectivity index (χ4n) is 3.81. The van der Waals surface area contributed by atoms with Gasteiger partial charge in [0.1, 0.15) is 5.82 Å². The van der Waals surface area contributed by atoms with Gasteiger partial charge in [0.15, 0.2) is 5.96 Å². The molecule has 0 spiro atoms. The number of hydrogen-bond donors (Lipinski definition) is 1. The van der Waals surface area contributed by atoms with E-state index < -0.39 is 0 Å². The Balaban J connectivity index is 1.72.